The normalized spacial score (nSPS) is 23.5. The second-order valence-corrected chi connectivity index (χ2v) is 6.77. The van der Waals surface area contributed by atoms with Gasteiger partial charge in [-0.3, -0.25) is 4.79 Å². The van der Waals surface area contributed by atoms with E-state index >= 15 is 0 Å². The fraction of sp³-hybridized carbons (Fsp3) is 0.318. The molecule has 1 atom stereocenters. The Labute approximate surface area is 148 Å². The molecule has 3 nitrogen and oxygen atoms in total. The molecular formula is C22H22O3. The molecule has 0 aromatic heterocycles. The zero-order valence-electron chi connectivity index (χ0n) is 14.2. The van der Waals surface area contributed by atoms with E-state index in [9.17, 15) is 4.79 Å². The lowest BCUT2D eigenvalue weighted by atomic mass is 9.83. The first kappa shape index (κ1) is 16.1. The van der Waals surface area contributed by atoms with E-state index in [2.05, 4.69) is 0 Å². The number of benzene rings is 2. The van der Waals surface area contributed by atoms with Gasteiger partial charge in [-0.05, 0) is 12.8 Å². The average Bonchev–Trinajstić information content (AvgIpc) is 3.01. The second kappa shape index (κ2) is 6.85. The molecule has 1 aliphatic heterocycles. The van der Waals surface area contributed by atoms with E-state index in [4.69, 9.17) is 9.47 Å². The number of hydrogen-bond acceptors (Lipinski definition) is 3. The van der Waals surface area contributed by atoms with E-state index in [1.54, 1.807) is 6.08 Å². The molecule has 2 fully saturated rings. The van der Waals surface area contributed by atoms with Crippen molar-refractivity contribution in [3.8, 4) is 0 Å². The molecule has 0 N–H and O–H groups in total. The first-order chi connectivity index (χ1) is 12.3. The van der Waals surface area contributed by atoms with Crippen LogP contribution in [-0.4, -0.2) is 11.4 Å². The Kier molecular flexibility index (Phi) is 4.41. The number of hydrogen-bond donors (Lipinski definition) is 0. The molecule has 1 spiro atoms. The van der Waals surface area contributed by atoms with Crippen LogP contribution in [0.25, 0.3) is 0 Å². The zero-order valence-corrected chi connectivity index (χ0v) is 14.2. The van der Waals surface area contributed by atoms with Crippen molar-refractivity contribution in [2.75, 3.05) is 0 Å². The Hall–Kier alpha value is -2.39. The fourth-order valence-electron chi connectivity index (χ4n) is 3.71. The van der Waals surface area contributed by atoms with E-state index in [1.165, 1.54) is 6.42 Å². The lowest BCUT2D eigenvalue weighted by Gasteiger charge is -2.31. The molecule has 1 saturated carbocycles. The third-order valence-corrected chi connectivity index (χ3v) is 5.07. The van der Waals surface area contributed by atoms with Crippen molar-refractivity contribution in [2.45, 2.75) is 44.0 Å². The summed E-state index contributed by atoms with van der Waals surface area (Å²) in [5.74, 6) is 0.660. The first-order valence-corrected chi connectivity index (χ1v) is 8.98. The zero-order chi connectivity index (χ0) is 17.1. The molecule has 4 rings (SSSR count). The highest BCUT2D eigenvalue weighted by Crippen LogP contribution is 2.48. The minimum Gasteiger partial charge on any atom is -0.462 e. The predicted octanol–water partition coefficient (Wildman–Crippen LogP) is 5.20. The van der Waals surface area contributed by atoms with Crippen molar-refractivity contribution in [3.05, 3.63) is 83.6 Å². The Morgan fingerprint density at radius 1 is 0.920 bits per heavy atom. The van der Waals surface area contributed by atoms with Gasteiger partial charge >= 0.3 is 0 Å². The summed E-state index contributed by atoms with van der Waals surface area (Å²) in [5, 5.41) is 0. The van der Waals surface area contributed by atoms with Gasteiger partial charge in [0.1, 0.15) is 11.4 Å². The lowest BCUT2D eigenvalue weighted by molar-refractivity contribution is -0.103. The van der Waals surface area contributed by atoms with E-state index in [-0.39, 0.29) is 5.78 Å². The summed E-state index contributed by atoms with van der Waals surface area (Å²) in [6.45, 7) is 0. The summed E-state index contributed by atoms with van der Waals surface area (Å²) < 4.78 is 12.5. The van der Waals surface area contributed by atoms with Crippen LogP contribution in [0.3, 0.4) is 0 Å². The van der Waals surface area contributed by atoms with Gasteiger partial charge in [0.05, 0.1) is 0 Å². The maximum absolute atomic E-state index is 12.7. The highest BCUT2D eigenvalue weighted by atomic mass is 16.7. The highest BCUT2D eigenvalue weighted by Gasteiger charge is 2.47. The van der Waals surface area contributed by atoms with Crippen LogP contribution >= 0.6 is 0 Å². The van der Waals surface area contributed by atoms with E-state index < -0.39 is 11.9 Å². The summed E-state index contributed by atoms with van der Waals surface area (Å²) in [4.78, 5) is 12.7. The minimum atomic E-state index is -0.455. The Morgan fingerprint density at radius 3 is 2.24 bits per heavy atom. The average molecular weight is 334 g/mol. The number of carbonyl (C=O) groups is 1. The number of carbonyl (C=O) groups excluding carboxylic acids is 1. The van der Waals surface area contributed by atoms with Gasteiger partial charge in [0.2, 0.25) is 6.29 Å². The smallest absolute Gasteiger partial charge is 0.227 e. The Balaban J connectivity index is 1.66. The van der Waals surface area contributed by atoms with Crippen LogP contribution in [0.15, 0.2) is 72.5 Å². The SMILES string of the molecule is O=C(/C=C1\OC(c2ccccc2)OC12CCCCC2)c1ccccc1. The van der Waals surface area contributed by atoms with Crippen LogP contribution in [0.4, 0.5) is 0 Å². The third kappa shape index (κ3) is 3.24. The van der Waals surface area contributed by atoms with Gasteiger partial charge in [-0.15, -0.1) is 0 Å². The van der Waals surface area contributed by atoms with Crippen LogP contribution in [0.1, 0.15) is 54.3 Å². The van der Waals surface area contributed by atoms with Gasteiger partial charge in [-0.2, -0.15) is 0 Å². The summed E-state index contributed by atoms with van der Waals surface area (Å²) >= 11 is 0. The first-order valence-electron chi connectivity index (χ1n) is 8.98. The topological polar surface area (TPSA) is 35.5 Å². The van der Waals surface area contributed by atoms with Crippen LogP contribution < -0.4 is 0 Å². The van der Waals surface area contributed by atoms with Crippen molar-refractivity contribution in [2.24, 2.45) is 0 Å². The summed E-state index contributed by atoms with van der Waals surface area (Å²) in [7, 11) is 0. The summed E-state index contributed by atoms with van der Waals surface area (Å²) in [6, 6.07) is 19.3. The van der Waals surface area contributed by atoms with Crippen LogP contribution in [0, 0.1) is 0 Å². The maximum atomic E-state index is 12.7. The summed E-state index contributed by atoms with van der Waals surface area (Å²) in [6.07, 6.45) is 6.43. The number of ether oxygens (including phenoxy) is 2. The Morgan fingerprint density at radius 2 is 1.56 bits per heavy atom. The molecule has 2 aromatic carbocycles. The van der Waals surface area contributed by atoms with E-state index in [0.717, 1.165) is 31.2 Å². The lowest BCUT2D eigenvalue weighted by Crippen LogP contribution is -2.33. The molecule has 0 amide bonds. The van der Waals surface area contributed by atoms with Crippen molar-refractivity contribution >= 4 is 5.78 Å². The number of rotatable bonds is 3. The third-order valence-electron chi connectivity index (χ3n) is 5.07. The number of allylic oxidation sites excluding steroid dienone is 1. The quantitative estimate of drug-likeness (QED) is 0.571. The molecule has 25 heavy (non-hydrogen) atoms. The molecule has 1 saturated heterocycles. The number of ketones is 1. The molecule has 0 radical (unpaired) electrons. The molecule has 3 heteroatoms. The molecule has 1 unspecified atom stereocenters. The molecule has 1 heterocycles. The van der Waals surface area contributed by atoms with Crippen molar-refractivity contribution < 1.29 is 14.3 Å². The second-order valence-electron chi connectivity index (χ2n) is 6.77. The van der Waals surface area contributed by atoms with Crippen molar-refractivity contribution in [3.63, 3.8) is 0 Å². The molecule has 2 aliphatic rings. The Bertz CT molecular complexity index is 758. The summed E-state index contributed by atoms with van der Waals surface area (Å²) in [5.41, 5.74) is 1.21. The van der Waals surface area contributed by atoms with E-state index in [0.29, 0.717) is 11.3 Å². The molecule has 0 bridgehead atoms. The molecule has 128 valence electrons. The van der Waals surface area contributed by atoms with Crippen LogP contribution in [0.5, 0.6) is 0 Å². The van der Waals surface area contributed by atoms with Gasteiger partial charge in [0.25, 0.3) is 0 Å². The van der Waals surface area contributed by atoms with E-state index in [1.807, 2.05) is 60.7 Å². The standard InChI is InChI=1S/C22H22O3/c23-19(17-10-4-1-5-11-17)16-20-22(14-8-3-9-15-22)25-21(24-20)18-12-6-2-7-13-18/h1-2,4-7,10-13,16,21H,3,8-9,14-15H2/b20-16-. The van der Waals surface area contributed by atoms with Gasteiger partial charge in [-0.25, -0.2) is 0 Å². The van der Waals surface area contributed by atoms with Crippen molar-refractivity contribution in [1.29, 1.82) is 0 Å². The van der Waals surface area contributed by atoms with Gasteiger partial charge in [0, 0.05) is 17.2 Å². The molecule has 1 aliphatic carbocycles. The predicted molar refractivity (Wildman–Crippen MR) is 96.0 cm³/mol. The van der Waals surface area contributed by atoms with Crippen LogP contribution in [-0.2, 0) is 9.47 Å². The highest BCUT2D eigenvalue weighted by molar-refractivity contribution is 6.04. The minimum absolute atomic E-state index is 0.0298. The fourth-order valence-corrected chi connectivity index (χ4v) is 3.71. The van der Waals surface area contributed by atoms with Crippen molar-refractivity contribution in [1.82, 2.24) is 0 Å². The van der Waals surface area contributed by atoms with Gasteiger partial charge in [0.15, 0.2) is 5.78 Å². The molecule has 2 aromatic rings. The van der Waals surface area contributed by atoms with Gasteiger partial charge in [-0.1, -0.05) is 79.9 Å². The monoisotopic (exact) mass is 334 g/mol. The largest absolute Gasteiger partial charge is 0.462 e. The van der Waals surface area contributed by atoms with Crippen LogP contribution in [0.2, 0.25) is 0 Å². The van der Waals surface area contributed by atoms with Gasteiger partial charge < -0.3 is 9.47 Å². The maximum Gasteiger partial charge on any atom is 0.227 e. The molecular weight excluding hydrogens is 312 g/mol.